The van der Waals surface area contributed by atoms with Crippen LogP contribution in [0.3, 0.4) is 0 Å². The van der Waals surface area contributed by atoms with Crippen molar-refractivity contribution in [3.63, 3.8) is 0 Å². The molecule has 1 unspecified atom stereocenters. The molecule has 1 aliphatic heterocycles. The first kappa shape index (κ1) is 24.2. The number of likely N-dealkylation sites (tertiary alicyclic amines) is 1. The molecule has 7 nitrogen and oxygen atoms in total. The van der Waals surface area contributed by atoms with Crippen molar-refractivity contribution in [2.24, 2.45) is 5.92 Å². The highest BCUT2D eigenvalue weighted by Crippen LogP contribution is 2.37. The van der Waals surface area contributed by atoms with Gasteiger partial charge in [0.25, 0.3) is 5.91 Å². The van der Waals surface area contributed by atoms with Gasteiger partial charge in [0.2, 0.25) is 0 Å². The van der Waals surface area contributed by atoms with Crippen molar-refractivity contribution in [1.29, 1.82) is 0 Å². The van der Waals surface area contributed by atoms with Gasteiger partial charge in [-0.25, -0.2) is 4.98 Å². The van der Waals surface area contributed by atoms with Crippen molar-refractivity contribution in [3.05, 3.63) is 65.4 Å². The number of aromatic nitrogens is 2. The van der Waals surface area contributed by atoms with Gasteiger partial charge in [0.05, 0.1) is 23.4 Å². The normalized spacial score (nSPS) is 15.9. The second-order valence-electron chi connectivity index (χ2n) is 9.54. The highest BCUT2D eigenvalue weighted by Gasteiger charge is 2.25. The summed E-state index contributed by atoms with van der Waals surface area (Å²) in [6.45, 7) is 2.73. The molecule has 3 N–H and O–H groups in total. The molecule has 8 heteroatoms. The number of carbonyl (C=O) groups excluding carboxylic acids is 1. The van der Waals surface area contributed by atoms with E-state index < -0.39 is 0 Å². The molecule has 1 fully saturated rings. The largest absolute Gasteiger partial charge is 0.496 e. The van der Waals surface area contributed by atoms with Crippen molar-refractivity contribution in [3.8, 4) is 28.0 Å². The number of fused-ring (bicyclic) bond motifs is 1. The van der Waals surface area contributed by atoms with Crippen molar-refractivity contribution in [2.45, 2.75) is 6.42 Å². The average molecular weight is 504 g/mol. The molecule has 3 heterocycles. The van der Waals surface area contributed by atoms with Gasteiger partial charge in [-0.2, -0.15) is 0 Å². The van der Waals surface area contributed by atoms with Gasteiger partial charge < -0.3 is 25.3 Å². The zero-order chi connectivity index (χ0) is 25.4. The molecule has 0 spiro atoms. The number of anilines is 1. The Kier molecular flexibility index (Phi) is 6.60. The van der Waals surface area contributed by atoms with Crippen LogP contribution in [0.2, 0.25) is 5.02 Å². The van der Waals surface area contributed by atoms with Crippen molar-refractivity contribution < 1.29 is 9.53 Å². The molecule has 1 atom stereocenters. The summed E-state index contributed by atoms with van der Waals surface area (Å²) >= 11 is 6.53. The number of hydrogen-bond donors (Lipinski definition) is 2. The minimum absolute atomic E-state index is 0.129. The highest BCUT2D eigenvalue weighted by atomic mass is 35.5. The Labute approximate surface area is 215 Å². The summed E-state index contributed by atoms with van der Waals surface area (Å²) < 4.78 is 5.57. The third-order valence-corrected chi connectivity index (χ3v) is 7.30. The number of benzene rings is 2. The van der Waals surface area contributed by atoms with Crippen LogP contribution in [-0.4, -0.2) is 66.5 Å². The van der Waals surface area contributed by atoms with E-state index in [1.807, 2.05) is 43.6 Å². The third kappa shape index (κ3) is 4.52. The van der Waals surface area contributed by atoms with Crippen molar-refractivity contribution >= 4 is 34.2 Å². The monoisotopic (exact) mass is 503 g/mol. The first-order valence-corrected chi connectivity index (χ1v) is 12.4. The van der Waals surface area contributed by atoms with Crippen LogP contribution < -0.4 is 10.5 Å². The molecule has 2 aromatic heterocycles. The van der Waals surface area contributed by atoms with Crippen LogP contribution in [0.25, 0.3) is 33.3 Å². The van der Waals surface area contributed by atoms with Gasteiger partial charge in [-0.1, -0.05) is 29.8 Å². The Morgan fingerprint density at radius 3 is 2.81 bits per heavy atom. The lowest BCUT2D eigenvalue weighted by molar-refractivity contribution is 0.0775. The SMILES string of the molecule is COc1ccccc1-c1c[nH]c2ncc(-c3cc(Cl)c(N)c(C(=O)N(C)CC4CCN(C)C4)c3)cc12. The number of rotatable bonds is 6. The Hall–Kier alpha value is -3.55. The van der Waals surface area contributed by atoms with Gasteiger partial charge in [-0.15, -0.1) is 0 Å². The van der Waals surface area contributed by atoms with E-state index in [4.69, 9.17) is 22.1 Å². The molecular weight excluding hydrogens is 474 g/mol. The van der Waals surface area contributed by atoms with E-state index in [1.54, 1.807) is 24.3 Å². The third-order valence-electron chi connectivity index (χ3n) is 6.99. The summed E-state index contributed by atoms with van der Waals surface area (Å²) in [6.07, 6.45) is 4.79. The number of para-hydroxylation sites is 1. The minimum Gasteiger partial charge on any atom is -0.496 e. The Morgan fingerprint density at radius 1 is 1.25 bits per heavy atom. The standard InChI is InChI=1S/C28H30ClN5O2/c1-33-9-8-17(15-33)16-34(2)28(35)22-10-18(12-24(29)26(22)30)19-11-21-23(14-32-27(21)31-13-19)20-6-4-5-7-25(20)36-3/h4-7,10-14,17H,8-9,15-16,30H2,1-3H3,(H,31,32). The summed E-state index contributed by atoms with van der Waals surface area (Å²) in [7, 11) is 5.60. The van der Waals surface area contributed by atoms with Gasteiger partial charge in [-0.3, -0.25) is 4.79 Å². The summed E-state index contributed by atoms with van der Waals surface area (Å²) in [5.74, 6) is 1.11. The summed E-state index contributed by atoms with van der Waals surface area (Å²) in [5.41, 5.74) is 11.3. The number of halogens is 1. The number of carbonyl (C=O) groups is 1. The van der Waals surface area contributed by atoms with Crippen LogP contribution in [0.5, 0.6) is 5.75 Å². The summed E-state index contributed by atoms with van der Waals surface area (Å²) in [5, 5.41) is 1.30. The fourth-order valence-electron chi connectivity index (χ4n) is 5.06. The number of ether oxygens (including phenoxy) is 1. The lowest BCUT2D eigenvalue weighted by Crippen LogP contribution is -2.33. The number of nitrogen functional groups attached to an aromatic ring is 1. The number of nitrogens with one attached hydrogen (secondary N) is 1. The number of H-pyrrole nitrogens is 1. The Balaban J connectivity index is 1.51. The van der Waals surface area contributed by atoms with Gasteiger partial charge >= 0.3 is 0 Å². The van der Waals surface area contributed by atoms with Crippen LogP contribution in [0.4, 0.5) is 5.69 Å². The van der Waals surface area contributed by atoms with Crippen LogP contribution in [0, 0.1) is 5.92 Å². The number of amides is 1. The summed E-state index contributed by atoms with van der Waals surface area (Å²) in [6, 6.07) is 13.5. The maximum Gasteiger partial charge on any atom is 0.255 e. The first-order valence-electron chi connectivity index (χ1n) is 12.0. The lowest BCUT2D eigenvalue weighted by atomic mass is 9.99. The summed E-state index contributed by atoms with van der Waals surface area (Å²) in [4.78, 5) is 25.3. The molecule has 186 valence electrons. The number of pyridine rings is 1. The fourth-order valence-corrected chi connectivity index (χ4v) is 5.28. The van der Waals surface area contributed by atoms with E-state index >= 15 is 0 Å². The van der Waals surface area contributed by atoms with Crippen molar-refractivity contribution in [2.75, 3.05) is 46.6 Å². The zero-order valence-corrected chi connectivity index (χ0v) is 21.5. The number of nitrogens with zero attached hydrogens (tertiary/aromatic N) is 3. The molecule has 1 amide bonds. The minimum atomic E-state index is -0.129. The molecule has 5 rings (SSSR count). The Morgan fingerprint density at radius 2 is 2.06 bits per heavy atom. The number of aromatic amines is 1. The average Bonchev–Trinajstić information content (AvgIpc) is 3.50. The molecular formula is C28H30ClN5O2. The predicted molar refractivity (Wildman–Crippen MR) is 146 cm³/mol. The maximum absolute atomic E-state index is 13.4. The molecule has 1 aliphatic rings. The van der Waals surface area contributed by atoms with E-state index in [2.05, 4.69) is 28.0 Å². The molecule has 0 aliphatic carbocycles. The zero-order valence-electron chi connectivity index (χ0n) is 20.7. The smallest absolute Gasteiger partial charge is 0.255 e. The van der Waals surface area contributed by atoms with Crippen molar-refractivity contribution in [1.82, 2.24) is 19.8 Å². The number of hydrogen-bond acceptors (Lipinski definition) is 5. The van der Waals surface area contributed by atoms with Gasteiger partial charge in [0, 0.05) is 54.6 Å². The first-order chi connectivity index (χ1) is 17.4. The lowest BCUT2D eigenvalue weighted by Gasteiger charge is -2.22. The van der Waals surface area contributed by atoms with E-state index in [1.165, 1.54) is 0 Å². The van der Waals surface area contributed by atoms with E-state index in [0.29, 0.717) is 28.7 Å². The topological polar surface area (TPSA) is 87.5 Å². The number of methoxy groups -OCH3 is 1. The van der Waals surface area contributed by atoms with Crippen LogP contribution >= 0.6 is 11.6 Å². The van der Waals surface area contributed by atoms with Crippen LogP contribution in [-0.2, 0) is 0 Å². The van der Waals surface area contributed by atoms with E-state index in [-0.39, 0.29) is 5.91 Å². The predicted octanol–water partition coefficient (Wildman–Crippen LogP) is 5.16. The van der Waals surface area contributed by atoms with Gasteiger partial charge in [0.1, 0.15) is 11.4 Å². The van der Waals surface area contributed by atoms with Crippen LogP contribution in [0.15, 0.2) is 54.9 Å². The number of nitrogens with two attached hydrogens (primary N) is 1. The molecule has 0 bridgehead atoms. The quantitative estimate of drug-likeness (QED) is 0.355. The van der Waals surface area contributed by atoms with E-state index in [0.717, 1.165) is 58.5 Å². The van der Waals surface area contributed by atoms with Gasteiger partial charge in [-0.05, 0) is 55.8 Å². The molecule has 4 aromatic rings. The Bertz CT molecular complexity index is 1430. The molecule has 0 radical (unpaired) electrons. The van der Waals surface area contributed by atoms with Gasteiger partial charge in [0.15, 0.2) is 0 Å². The fraction of sp³-hybridized carbons (Fsp3) is 0.286. The molecule has 1 saturated heterocycles. The second-order valence-corrected chi connectivity index (χ2v) is 9.95. The molecule has 2 aromatic carbocycles. The second kappa shape index (κ2) is 9.84. The van der Waals surface area contributed by atoms with E-state index in [9.17, 15) is 4.79 Å². The molecule has 36 heavy (non-hydrogen) atoms. The highest BCUT2D eigenvalue weighted by molar-refractivity contribution is 6.34. The molecule has 0 saturated carbocycles. The maximum atomic E-state index is 13.4. The van der Waals surface area contributed by atoms with Crippen LogP contribution in [0.1, 0.15) is 16.8 Å².